The van der Waals surface area contributed by atoms with Crippen molar-refractivity contribution in [3.05, 3.63) is 0 Å². The second-order valence-electron chi connectivity index (χ2n) is 4.91. The highest BCUT2D eigenvalue weighted by molar-refractivity contribution is 7.87. The maximum atomic E-state index is 12.1. The number of nitriles is 1. The van der Waals surface area contributed by atoms with Gasteiger partial charge < -0.3 is 0 Å². The normalized spacial score (nSPS) is 25.0. The van der Waals surface area contributed by atoms with Crippen LogP contribution < -0.4 is 4.72 Å². The first-order chi connectivity index (χ1) is 8.51. The fourth-order valence-corrected chi connectivity index (χ4v) is 3.66. The van der Waals surface area contributed by atoms with E-state index < -0.39 is 10.2 Å². The Balaban J connectivity index is 2.60. The maximum Gasteiger partial charge on any atom is 0.279 e. The van der Waals surface area contributed by atoms with Crippen LogP contribution in [0.5, 0.6) is 0 Å². The Kier molecular flexibility index (Phi) is 6.06. The highest BCUT2D eigenvalue weighted by Crippen LogP contribution is 2.27. The van der Waals surface area contributed by atoms with Crippen molar-refractivity contribution in [2.24, 2.45) is 5.92 Å². The van der Waals surface area contributed by atoms with Crippen molar-refractivity contribution < 1.29 is 8.42 Å². The van der Waals surface area contributed by atoms with Crippen molar-refractivity contribution >= 4 is 10.2 Å². The van der Waals surface area contributed by atoms with Crippen molar-refractivity contribution in [3.63, 3.8) is 0 Å². The summed E-state index contributed by atoms with van der Waals surface area (Å²) < 4.78 is 28.2. The van der Waals surface area contributed by atoms with Crippen LogP contribution in [0.2, 0.25) is 0 Å². The molecule has 0 radical (unpaired) electrons. The van der Waals surface area contributed by atoms with Gasteiger partial charge in [0.1, 0.15) is 0 Å². The van der Waals surface area contributed by atoms with Gasteiger partial charge in [-0.3, -0.25) is 0 Å². The summed E-state index contributed by atoms with van der Waals surface area (Å²) in [6, 6.07) is 2.01. The molecule has 0 aromatic rings. The van der Waals surface area contributed by atoms with E-state index in [-0.39, 0.29) is 19.0 Å². The van der Waals surface area contributed by atoms with Gasteiger partial charge >= 0.3 is 0 Å². The Morgan fingerprint density at radius 2 is 2.06 bits per heavy atom. The molecule has 0 aliphatic heterocycles. The molecular weight excluding hydrogens is 250 g/mol. The van der Waals surface area contributed by atoms with Gasteiger partial charge in [0.05, 0.1) is 6.07 Å². The van der Waals surface area contributed by atoms with E-state index in [4.69, 9.17) is 5.26 Å². The molecule has 1 fully saturated rings. The van der Waals surface area contributed by atoms with Gasteiger partial charge in [0.15, 0.2) is 0 Å². The third-order valence-corrected chi connectivity index (χ3v) is 5.29. The summed E-state index contributed by atoms with van der Waals surface area (Å²) >= 11 is 0. The predicted molar refractivity (Wildman–Crippen MR) is 71.0 cm³/mol. The van der Waals surface area contributed by atoms with Crippen molar-refractivity contribution in [1.82, 2.24) is 9.03 Å². The highest BCUT2D eigenvalue weighted by Gasteiger charge is 2.29. The quantitative estimate of drug-likeness (QED) is 0.799. The van der Waals surface area contributed by atoms with Crippen LogP contribution in [0.15, 0.2) is 0 Å². The molecule has 1 aliphatic rings. The fourth-order valence-electron chi connectivity index (χ4n) is 2.46. The van der Waals surface area contributed by atoms with E-state index in [0.29, 0.717) is 5.92 Å². The molecule has 1 aliphatic carbocycles. The zero-order valence-electron chi connectivity index (χ0n) is 11.2. The SMILES string of the molecule is CCC1CCCCC1NS(=O)(=O)N(C)CCC#N. The molecule has 1 saturated carbocycles. The number of nitrogens with zero attached hydrogens (tertiary/aromatic N) is 2. The monoisotopic (exact) mass is 273 g/mol. The zero-order valence-corrected chi connectivity index (χ0v) is 12.0. The molecule has 1 rings (SSSR count). The molecule has 0 aromatic carbocycles. The number of hydrogen-bond acceptors (Lipinski definition) is 3. The largest absolute Gasteiger partial charge is 0.279 e. The second-order valence-corrected chi connectivity index (χ2v) is 6.72. The summed E-state index contributed by atoms with van der Waals surface area (Å²) in [4.78, 5) is 0. The molecule has 0 saturated heterocycles. The van der Waals surface area contributed by atoms with Crippen molar-refractivity contribution in [3.8, 4) is 6.07 Å². The zero-order chi connectivity index (χ0) is 13.6. The lowest BCUT2D eigenvalue weighted by Crippen LogP contribution is -2.47. The Bertz CT molecular complexity index is 389. The van der Waals surface area contributed by atoms with Crippen molar-refractivity contribution in [2.45, 2.75) is 51.5 Å². The van der Waals surface area contributed by atoms with Gasteiger partial charge in [0.25, 0.3) is 10.2 Å². The van der Waals surface area contributed by atoms with Gasteiger partial charge in [-0.15, -0.1) is 0 Å². The van der Waals surface area contributed by atoms with E-state index in [1.807, 2.05) is 6.07 Å². The van der Waals surface area contributed by atoms with Gasteiger partial charge in [0, 0.05) is 26.1 Å². The first-order valence-electron chi connectivity index (χ1n) is 6.61. The van der Waals surface area contributed by atoms with Crippen LogP contribution in [0.1, 0.15) is 45.4 Å². The second kappa shape index (κ2) is 7.07. The summed E-state index contributed by atoms with van der Waals surface area (Å²) in [5, 5.41) is 8.49. The number of hydrogen-bond donors (Lipinski definition) is 1. The average molecular weight is 273 g/mol. The van der Waals surface area contributed by atoms with E-state index in [0.717, 1.165) is 25.7 Å². The summed E-state index contributed by atoms with van der Waals surface area (Å²) in [6.07, 6.45) is 5.54. The summed E-state index contributed by atoms with van der Waals surface area (Å²) in [5.41, 5.74) is 0. The Morgan fingerprint density at radius 1 is 1.39 bits per heavy atom. The minimum Gasteiger partial charge on any atom is -0.199 e. The summed E-state index contributed by atoms with van der Waals surface area (Å²) in [7, 11) is -1.93. The fraction of sp³-hybridized carbons (Fsp3) is 0.917. The lowest BCUT2D eigenvalue weighted by Gasteiger charge is -2.32. The first kappa shape index (κ1) is 15.4. The maximum absolute atomic E-state index is 12.1. The molecule has 104 valence electrons. The van der Waals surface area contributed by atoms with Crippen LogP contribution in [-0.2, 0) is 10.2 Å². The van der Waals surface area contributed by atoms with E-state index in [2.05, 4.69) is 11.6 Å². The molecule has 2 unspecified atom stereocenters. The third kappa shape index (κ3) is 4.23. The smallest absolute Gasteiger partial charge is 0.199 e. The number of nitrogens with one attached hydrogen (secondary N) is 1. The Labute approximate surface area is 110 Å². The molecule has 18 heavy (non-hydrogen) atoms. The van der Waals surface area contributed by atoms with E-state index in [1.165, 1.54) is 17.8 Å². The molecular formula is C12H23N3O2S. The Hall–Kier alpha value is -0.640. The third-order valence-electron chi connectivity index (χ3n) is 3.68. The summed E-state index contributed by atoms with van der Waals surface area (Å²) in [6.45, 7) is 2.35. The van der Waals surface area contributed by atoms with Gasteiger partial charge in [-0.2, -0.15) is 22.7 Å². The lowest BCUT2D eigenvalue weighted by molar-refractivity contribution is 0.278. The van der Waals surface area contributed by atoms with Crippen molar-refractivity contribution in [1.29, 1.82) is 5.26 Å². The topological polar surface area (TPSA) is 73.2 Å². The van der Waals surface area contributed by atoms with E-state index in [1.54, 1.807) is 0 Å². The first-order valence-corrected chi connectivity index (χ1v) is 8.05. The Morgan fingerprint density at radius 3 is 2.67 bits per heavy atom. The average Bonchev–Trinajstić information content (AvgIpc) is 2.36. The van der Waals surface area contributed by atoms with E-state index >= 15 is 0 Å². The summed E-state index contributed by atoms with van der Waals surface area (Å²) in [5.74, 6) is 0.442. The van der Waals surface area contributed by atoms with Crippen LogP contribution in [0.25, 0.3) is 0 Å². The van der Waals surface area contributed by atoms with Crippen molar-refractivity contribution in [2.75, 3.05) is 13.6 Å². The lowest BCUT2D eigenvalue weighted by atomic mass is 9.83. The minimum absolute atomic E-state index is 0.0540. The highest BCUT2D eigenvalue weighted by atomic mass is 32.2. The molecule has 0 amide bonds. The van der Waals surface area contributed by atoms with Crippen LogP contribution in [0, 0.1) is 17.2 Å². The molecule has 2 atom stereocenters. The van der Waals surface area contributed by atoms with Crippen LogP contribution in [0.3, 0.4) is 0 Å². The molecule has 6 heteroatoms. The van der Waals surface area contributed by atoms with E-state index in [9.17, 15) is 8.42 Å². The molecule has 1 N–H and O–H groups in total. The van der Waals surface area contributed by atoms with Gasteiger partial charge in [-0.25, -0.2) is 0 Å². The molecule has 0 heterocycles. The number of rotatable bonds is 6. The predicted octanol–water partition coefficient (Wildman–Crippen LogP) is 1.64. The van der Waals surface area contributed by atoms with Gasteiger partial charge in [-0.05, 0) is 18.8 Å². The standard InChI is InChI=1S/C12H23N3O2S/c1-3-11-7-4-5-8-12(11)14-18(16,17)15(2)10-6-9-13/h11-12,14H,3-8,10H2,1-2H3. The minimum atomic E-state index is -3.44. The van der Waals surface area contributed by atoms with Crippen LogP contribution in [0.4, 0.5) is 0 Å². The van der Waals surface area contributed by atoms with Gasteiger partial charge in [0.2, 0.25) is 0 Å². The molecule has 0 aromatic heterocycles. The van der Waals surface area contributed by atoms with Crippen LogP contribution >= 0.6 is 0 Å². The molecule has 5 nitrogen and oxygen atoms in total. The molecule has 0 bridgehead atoms. The van der Waals surface area contributed by atoms with Gasteiger partial charge in [-0.1, -0.05) is 26.2 Å². The molecule has 0 spiro atoms. The van der Waals surface area contributed by atoms with Crippen LogP contribution in [-0.4, -0.2) is 32.4 Å².